The van der Waals surface area contributed by atoms with E-state index in [1.807, 2.05) is 50.2 Å². The van der Waals surface area contributed by atoms with E-state index in [9.17, 15) is 9.59 Å². The molecule has 0 radical (unpaired) electrons. The number of thioether (sulfide) groups is 1. The van der Waals surface area contributed by atoms with Gasteiger partial charge < -0.3 is 20.1 Å². The Bertz CT molecular complexity index is 1120. The third kappa shape index (κ3) is 6.52. The topological polar surface area (TPSA) is 76.7 Å². The van der Waals surface area contributed by atoms with Crippen molar-refractivity contribution in [2.24, 2.45) is 0 Å². The van der Waals surface area contributed by atoms with Crippen LogP contribution in [0.5, 0.6) is 11.5 Å². The lowest BCUT2D eigenvalue weighted by Gasteiger charge is -2.17. The van der Waals surface area contributed by atoms with Crippen molar-refractivity contribution in [1.82, 2.24) is 0 Å². The van der Waals surface area contributed by atoms with Gasteiger partial charge in [0.1, 0.15) is 11.5 Å². The van der Waals surface area contributed by atoms with Gasteiger partial charge in [0, 0.05) is 22.2 Å². The van der Waals surface area contributed by atoms with Crippen molar-refractivity contribution in [2.45, 2.75) is 30.4 Å². The number of carbonyl (C=O) groups is 2. The Balaban J connectivity index is 1.69. The molecule has 0 spiro atoms. The zero-order valence-corrected chi connectivity index (χ0v) is 20.0. The monoisotopic (exact) mass is 464 g/mol. The Hall–Kier alpha value is -3.45. The van der Waals surface area contributed by atoms with Crippen LogP contribution in [-0.4, -0.2) is 31.3 Å². The SMILES string of the molecule is CCC(Sc1cccc(NC(=O)c2ccc(C)cc2)c1)C(=O)Nc1cc(OC)ccc1OC. The molecular weight excluding hydrogens is 436 g/mol. The maximum atomic E-state index is 13.0. The number of amides is 2. The highest BCUT2D eigenvalue weighted by atomic mass is 32.2. The molecule has 7 heteroatoms. The third-order valence-electron chi connectivity index (χ3n) is 5.01. The van der Waals surface area contributed by atoms with E-state index in [2.05, 4.69) is 10.6 Å². The molecule has 3 aromatic carbocycles. The average molecular weight is 465 g/mol. The Morgan fingerprint density at radius 1 is 0.939 bits per heavy atom. The van der Waals surface area contributed by atoms with Crippen LogP contribution in [0.1, 0.15) is 29.3 Å². The van der Waals surface area contributed by atoms with E-state index in [1.165, 1.54) is 11.8 Å². The predicted molar refractivity (Wildman–Crippen MR) is 134 cm³/mol. The van der Waals surface area contributed by atoms with Gasteiger partial charge in [0.25, 0.3) is 5.91 Å². The van der Waals surface area contributed by atoms with Crippen molar-refractivity contribution in [3.05, 3.63) is 77.9 Å². The summed E-state index contributed by atoms with van der Waals surface area (Å²) in [7, 11) is 3.13. The molecule has 172 valence electrons. The first-order valence-corrected chi connectivity index (χ1v) is 11.5. The van der Waals surface area contributed by atoms with Gasteiger partial charge in [-0.15, -0.1) is 11.8 Å². The van der Waals surface area contributed by atoms with E-state index in [1.54, 1.807) is 44.6 Å². The normalized spacial score (nSPS) is 11.4. The van der Waals surface area contributed by atoms with Crippen LogP contribution in [0.4, 0.5) is 11.4 Å². The number of methoxy groups -OCH3 is 2. The van der Waals surface area contributed by atoms with E-state index >= 15 is 0 Å². The number of ether oxygens (including phenoxy) is 2. The van der Waals surface area contributed by atoms with Gasteiger partial charge in [-0.1, -0.05) is 30.7 Å². The number of nitrogens with one attached hydrogen (secondary N) is 2. The summed E-state index contributed by atoms with van der Waals surface area (Å²) in [5.74, 6) is 0.879. The number of rotatable bonds is 9. The molecule has 2 N–H and O–H groups in total. The van der Waals surface area contributed by atoms with Gasteiger partial charge in [-0.05, 0) is 55.8 Å². The highest BCUT2D eigenvalue weighted by Gasteiger charge is 2.20. The second kappa shape index (κ2) is 11.4. The Kier molecular flexibility index (Phi) is 8.38. The van der Waals surface area contributed by atoms with Gasteiger partial charge in [-0.25, -0.2) is 0 Å². The fraction of sp³-hybridized carbons (Fsp3) is 0.231. The molecule has 0 saturated carbocycles. The van der Waals surface area contributed by atoms with Gasteiger partial charge in [0.05, 0.1) is 25.2 Å². The molecule has 0 fully saturated rings. The van der Waals surface area contributed by atoms with Crippen molar-refractivity contribution in [2.75, 3.05) is 24.9 Å². The standard InChI is InChI=1S/C26H28N2O4S/c1-5-24(26(30)28-22-16-20(31-3)13-14-23(22)32-4)33-21-8-6-7-19(15-21)27-25(29)18-11-9-17(2)10-12-18/h6-16,24H,5H2,1-4H3,(H,27,29)(H,28,30). The van der Waals surface area contributed by atoms with Crippen molar-refractivity contribution < 1.29 is 19.1 Å². The molecule has 3 aromatic rings. The molecule has 0 aliphatic rings. The molecule has 0 aromatic heterocycles. The van der Waals surface area contributed by atoms with E-state index in [4.69, 9.17) is 9.47 Å². The molecule has 0 heterocycles. The minimum Gasteiger partial charge on any atom is -0.497 e. The lowest BCUT2D eigenvalue weighted by atomic mass is 10.1. The van der Waals surface area contributed by atoms with Crippen LogP contribution < -0.4 is 20.1 Å². The summed E-state index contributed by atoms with van der Waals surface area (Å²) in [6.45, 7) is 3.94. The van der Waals surface area contributed by atoms with Crippen LogP contribution in [0.2, 0.25) is 0 Å². The zero-order valence-electron chi connectivity index (χ0n) is 19.2. The Labute approximate surface area is 198 Å². The smallest absolute Gasteiger partial charge is 0.255 e. The van der Waals surface area contributed by atoms with Crippen LogP contribution in [0.15, 0.2) is 71.6 Å². The number of benzene rings is 3. The van der Waals surface area contributed by atoms with E-state index in [0.717, 1.165) is 10.5 Å². The molecular formula is C26H28N2O4S. The maximum Gasteiger partial charge on any atom is 0.255 e. The summed E-state index contributed by atoms with van der Waals surface area (Å²) >= 11 is 1.44. The molecule has 0 saturated heterocycles. The fourth-order valence-corrected chi connectivity index (χ4v) is 4.18. The van der Waals surface area contributed by atoms with Crippen molar-refractivity contribution >= 4 is 35.0 Å². The number of hydrogen-bond donors (Lipinski definition) is 2. The van der Waals surface area contributed by atoms with Gasteiger partial charge in [0.15, 0.2) is 0 Å². The number of carbonyl (C=O) groups excluding carboxylic acids is 2. The van der Waals surface area contributed by atoms with Gasteiger partial charge in [-0.2, -0.15) is 0 Å². The lowest BCUT2D eigenvalue weighted by molar-refractivity contribution is -0.115. The maximum absolute atomic E-state index is 13.0. The van der Waals surface area contributed by atoms with Gasteiger partial charge >= 0.3 is 0 Å². The minimum absolute atomic E-state index is 0.136. The van der Waals surface area contributed by atoms with Crippen LogP contribution in [0.3, 0.4) is 0 Å². The summed E-state index contributed by atoms with van der Waals surface area (Å²) < 4.78 is 10.6. The van der Waals surface area contributed by atoms with Crippen LogP contribution in [-0.2, 0) is 4.79 Å². The predicted octanol–water partition coefficient (Wildman–Crippen LogP) is 5.77. The fourth-order valence-electron chi connectivity index (χ4n) is 3.17. The highest BCUT2D eigenvalue weighted by Crippen LogP contribution is 2.32. The van der Waals surface area contributed by atoms with Crippen molar-refractivity contribution in [3.8, 4) is 11.5 Å². The van der Waals surface area contributed by atoms with Crippen LogP contribution in [0, 0.1) is 6.92 Å². The lowest BCUT2D eigenvalue weighted by Crippen LogP contribution is -2.24. The van der Waals surface area contributed by atoms with E-state index in [-0.39, 0.29) is 17.1 Å². The van der Waals surface area contributed by atoms with Crippen molar-refractivity contribution in [3.63, 3.8) is 0 Å². The number of anilines is 2. The first-order valence-electron chi connectivity index (χ1n) is 10.6. The third-order valence-corrected chi connectivity index (χ3v) is 6.37. The highest BCUT2D eigenvalue weighted by molar-refractivity contribution is 8.00. The largest absolute Gasteiger partial charge is 0.497 e. The van der Waals surface area contributed by atoms with E-state index < -0.39 is 0 Å². The van der Waals surface area contributed by atoms with Crippen molar-refractivity contribution in [1.29, 1.82) is 0 Å². The van der Waals surface area contributed by atoms with Gasteiger partial charge in [0.2, 0.25) is 5.91 Å². The second-order valence-corrected chi connectivity index (χ2v) is 8.69. The molecule has 6 nitrogen and oxygen atoms in total. The minimum atomic E-state index is -0.330. The van der Waals surface area contributed by atoms with E-state index in [0.29, 0.717) is 34.9 Å². The molecule has 33 heavy (non-hydrogen) atoms. The molecule has 1 atom stereocenters. The Morgan fingerprint density at radius 3 is 2.36 bits per heavy atom. The molecule has 0 aliphatic heterocycles. The Morgan fingerprint density at radius 2 is 1.70 bits per heavy atom. The van der Waals surface area contributed by atoms with Gasteiger partial charge in [-0.3, -0.25) is 9.59 Å². The summed E-state index contributed by atoms with van der Waals surface area (Å²) in [6, 6.07) is 20.2. The summed E-state index contributed by atoms with van der Waals surface area (Å²) in [5.41, 5.74) is 2.92. The van der Waals surface area contributed by atoms with Crippen LogP contribution >= 0.6 is 11.8 Å². The number of aryl methyl sites for hydroxylation is 1. The molecule has 1 unspecified atom stereocenters. The first-order chi connectivity index (χ1) is 15.9. The molecule has 2 amide bonds. The number of hydrogen-bond acceptors (Lipinski definition) is 5. The average Bonchev–Trinajstić information content (AvgIpc) is 2.83. The summed E-state index contributed by atoms with van der Waals surface area (Å²) in [6.07, 6.45) is 0.628. The zero-order chi connectivity index (χ0) is 23.8. The summed E-state index contributed by atoms with van der Waals surface area (Å²) in [4.78, 5) is 26.4. The molecule has 0 bridgehead atoms. The molecule has 0 aliphatic carbocycles. The quantitative estimate of drug-likeness (QED) is 0.393. The van der Waals surface area contributed by atoms with Crippen LogP contribution in [0.25, 0.3) is 0 Å². The summed E-state index contributed by atoms with van der Waals surface area (Å²) in [5, 5.41) is 5.54. The molecule has 3 rings (SSSR count). The first kappa shape index (κ1) is 24.2. The second-order valence-electron chi connectivity index (χ2n) is 7.42.